The lowest BCUT2D eigenvalue weighted by atomic mass is 10.4. The molecule has 0 fully saturated rings. The van der Waals surface area contributed by atoms with Crippen molar-refractivity contribution in [3.05, 3.63) is 23.1 Å². The topological polar surface area (TPSA) is 55.6 Å². The predicted octanol–water partition coefficient (Wildman–Crippen LogP) is 1.83. The molecule has 2 rings (SSSR count). The smallest absolute Gasteiger partial charge is 0.135 e. The average Bonchev–Trinajstić information content (AvgIpc) is 2.77. The number of hydrogen-bond donors (Lipinski definition) is 1. The molecule has 2 aromatic heterocycles. The quantitative estimate of drug-likeness (QED) is 0.881. The summed E-state index contributed by atoms with van der Waals surface area (Å²) in [7, 11) is 0. The van der Waals surface area contributed by atoms with Crippen molar-refractivity contribution in [3.63, 3.8) is 0 Å². The van der Waals surface area contributed by atoms with Crippen LogP contribution in [0.4, 0.5) is 5.00 Å². The van der Waals surface area contributed by atoms with Crippen LogP contribution in [-0.2, 0) is 6.54 Å². The maximum Gasteiger partial charge on any atom is 0.135 e. The van der Waals surface area contributed by atoms with Gasteiger partial charge in [-0.25, -0.2) is 0 Å². The third kappa shape index (κ3) is 2.21. The first-order valence-corrected chi connectivity index (χ1v) is 6.04. The number of nitrogens with one attached hydrogen (secondary N) is 1. The molecule has 0 radical (unpaired) electrons. The van der Waals surface area contributed by atoms with E-state index in [4.69, 9.17) is 0 Å². The van der Waals surface area contributed by atoms with Gasteiger partial charge >= 0.3 is 0 Å². The van der Waals surface area contributed by atoms with E-state index in [0.717, 1.165) is 28.6 Å². The summed E-state index contributed by atoms with van der Waals surface area (Å²) in [6.45, 7) is 7.67. The van der Waals surface area contributed by atoms with Crippen molar-refractivity contribution in [2.24, 2.45) is 0 Å². The minimum absolute atomic E-state index is 0.679. The molecule has 86 valence electrons. The van der Waals surface area contributed by atoms with Crippen molar-refractivity contribution < 1.29 is 0 Å². The SMILES string of the molecule is CCNc1snnc1Cn1nc(C)cc1C. The van der Waals surface area contributed by atoms with Crippen molar-refractivity contribution in [3.8, 4) is 0 Å². The minimum atomic E-state index is 0.679. The van der Waals surface area contributed by atoms with Crippen molar-refractivity contribution in [1.82, 2.24) is 19.4 Å². The van der Waals surface area contributed by atoms with Gasteiger partial charge in [0.2, 0.25) is 0 Å². The van der Waals surface area contributed by atoms with Gasteiger partial charge < -0.3 is 5.32 Å². The Morgan fingerprint density at radius 1 is 1.44 bits per heavy atom. The number of aromatic nitrogens is 4. The van der Waals surface area contributed by atoms with Crippen LogP contribution in [0.2, 0.25) is 0 Å². The largest absolute Gasteiger partial charge is 0.374 e. The molecular weight excluding hydrogens is 222 g/mol. The van der Waals surface area contributed by atoms with Crippen LogP contribution in [0.15, 0.2) is 6.07 Å². The van der Waals surface area contributed by atoms with Gasteiger partial charge in [0.15, 0.2) is 0 Å². The lowest BCUT2D eigenvalue weighted by Gasteiger charge is -2.04. The van der Waals surface area contributed by atoms with Crippen LogP contribution in [0.25, 0.3) is 0 Å². The number of aryl methyl sites for hydroxylation is 2. The molecule has 0 aliphatic rings. The summed E-state index contributed by atoms with van der Waals surface area (Å²) in [5.74, 6) is 0. The van der Waals surface area contributed by atoms with Gasteiger partial charge in [0.25, 0.3) is 0 Å². The van der Waals surface area contributed by atoms with Gasteiger partial charge in [-0.2, -0.15) is 5.10 Å². The van der Waals surface area contributed by atoms with E-state index in [0.29, 0.717) is 6.54 Å². The van der Waals surface area contributed by atoms with Crippen LogP contribution >= 0.6 is 11.5 Å². The Kier molecular flexibility index (Phi) is 3.19. The first-order valence-electron chi connectivity index (χ1n) is 5.27. The van der Waals surface area contributed by atoms with Gasteiger partial charge in [0, 0.05) is 23.8 Å². The van der Waals surface area contributed by atoms with Crippen LogP contribution < -0.4 is 5.32 Å². The summed E-state index contributed by atoms with van der Waals surface area (Å²) in [5.41, 5.74) is 3.14. The Balaban J connectivity index is 2.20. The van der Waals surface area contributed by atoms with Crippen LogP contribution in [-0.4, -0.2) is 25.9 Å². The summed E-state index contributed by atoms with van der Waals surface area (Å²) >= 11 is 1.39. The molecule has 16 heavy (non-hydrogen) atoms. The average molecular weight is 237 g/mol. The first kappa shape index (κ1) is 11.1. The molecular formula is C10H15N5S. The normalized spacial score (nSPS) is 10.7. The van der Waals surface area contributed by atoms with Gasteiger partial charge in [-0.3, -0.25) is 4.68 Å². The fourth-order valence-electron chi connectivity index (χ4n) is 1.58. The molecule has 0 bridgehead atoms. The highest BCUT2D eigenvalue weighted by atomic mass is 32.1. The second-order valence-corrected chi connectivity index (χ2v) is 4.42. The second-order valence-electron chi connectivity index (χ2n) is 3.66. The molecule has 6 heteroatoms. The Hall–Kier alpha value is -1.43. The monoisotopic (exact) mass is 237 g/mol. The third-order valence-electron chi connectivity index (χ3n) is 2.30. The first-order chi connectivity index (χ1) is 7.70. The molecule has 5 nitrogen and oxygen atoms in total. The highest BCUT2D eigenvalue weighted by Gasteiger charge is 2.09. The van der Waals surface area contributed by atoms with Gasteiger partial charge in [0.05, 0.1) is 12.2 Å². The van der Waals surface area contributed by atoms with Crippen molar-refractivity contribution in [1.29, 1.82) is 0 Å². The lowest BCUT2D eigenvalue weighted by Crippen LogP contribution is -2.07. The zero-order valence-electron chi connectivity index (χ0n) is 9.69. The van der Waals surface area contributed by atoms with E-state index in [1.165, 1.54) is 11.5 Å². The molecule has 0 saturated heterocycles. The Bertz CT molecular complexity index is 473. The van der Waals surface area contributed by atoms with Crippen LogP contribution in [0.5, 0.6) is 0 Å². The van der Waals surface area contributed by atoms with Crippen molar-refractivity contribution in [2.75, 3.05) is 11.9 Å². The predicted molar refractivity (Wildman–Crippen MR) is 64.9 cm³/mol. The summed E-state index contributed by atoms with van der Waals surface area (Å²) in [5, 5.41) is 12.8. The van der Waals surface area contributed by atoms with Crippen molar-refractivity contribution >= 4 is 16.5 Å². The van der Waals surface area contributed by atoms with E-state index >= 15 is 0 Å². The number of hydrogen-bond acceptors (Lipinski definition) is 5. The molecule has 0 atom stereocenters. The second kappa shape index (κ2) is 4.61. The van der Waals surface area contributed by atoms with Crippen LogP contribution in [0.1, 0.15) is 24.0 Å². The minimum Gasteiger partial charge on any atom is -0.374 e. The summed E-state index contributed by atoms with van der Waals surface area (Å²) < 4.78 is 5.91. The molecule has 0 amide bonds. The van der Waals surface area contributed by atoms with E-state index in [1.54, 1.807) is 0 Å². The fourth-order valence-corrected chi connectivity index (χ4v) is 2.22. The van der Waals surface area contributed by atoms with E-state index in [2.05, 4.69) is 33.0 Å². The molecule has 0 saturated carbocycles. The lowest BCUT2D eigenvalue weighted by molar-refractivity contribution is 0.646. The van der Waals surface area contributed by atoms with Crippen molar-refractivity contribution in [2.45, 2.75) is 27.3 Å². The standard InChI is InChI=1S/C10H15N5S/c1-4-11-10-9(12-14-16-10)6-15-8(3)5-7(2)13-15/h5,11H,4,6H2,1-3H3. The molecule has 0 unspecified atom stereocenters. The Labute approximate surface area is 98.7 Å². The molecule has 2 heterocycles. The highest BCUT2D eigenvalue weighted by molar-refractivity contribution is 7.10. The zero-order chi connectivity index (χ0) is 11.5. The maximum absolute atomic E-state index is 4.41. The fraction of sp³-hybridized carbons (Fsp3) is 0.500. The van der Waals surface area contributed by atoms with Crippen LogP contribution in [0.3, 0.4) is 0 Å². The number of nitrogens with zero attached hydrogens (tertiary/aromatic N) is 4. The van der Waals surface area contributed by atoms with E-state index in [-0.39, 0.29) is 0 Å². The number of rotatable bonds is 4. The highest BCUT2D eigenvalue weighted by Crippen LogP contribution is 2.18. The maximum atomic E-state index is 4.41. The van der Waals surface area contributed by atoms with Crippen LogP contribution in [0, 0.1) is 13.8 Å². The summed E-state index contributed by atoms with van der Waals surface area (Å²) in [6.07, 6.45) is 0. The molecule has 0 aliphatic heterocycles. The molecule has 0 aliphatic carbocycles. The van der Waals surface area contributed by atoms with Gasteiger partial charge in [-0.15, -0.1) is 5.10 Å². The van der Waals surface area contributed by atoms with Gasteiger partial charge in [0.1, 0.15) is 10.7 Å². The Morgan fingerprint density at radius 3 is 2.88 bits per heavy atom. The summed E-state index contributed by atoms with van der Waals surface area (Å²) in [6, 6.07) is 2.06. The summed E-state index contributed by atoms with van der Waals surface area (Å²) in [4.78, 5) is 0. The van der Waals surface area contributed by atoms with E-state index in [1.807, 2.05) is 18.5 Å². The van der Waals surface area contributed by atoms with Gasteiger partial charge in [-0.05, 0) is 26.8 Å². The number of anilines is 1. The van der Waals surface area contributed by atoms with Gasteiger partial charge in [-0.1, -0.05) is 4.49 Å². The zero-order valence-corrected chi connectivity index (χ0v) is 10.5. The third-order valence-corrected chi connectivity index (χ3v) is 3.02. The molecule has 2 aromatic rings. The van der Waals surface area contributed by atoms with E-state index in [9.17, 15) is 0 Å². The molecule has 0 spiro atoms. The van der Waals surface area contributed by atoms with E-state index < -0.39 is 0 Å². The Morgan fingerprint density at radius 2 is 2.25 bits per heavy atom. The molecule has 0 aromatic carbocycles. The molecule has 1 N–H and O–H groups in total.